The van der Waals surface area contributed by atoms with Crippen molar-refractivity contribution in [1.29, 1.82) is 0 Å². The lowest BCUT2D eigenvalue weighted by molar-refractivity contribution is 0.413. The molecule has 0 aliphatic carbocycles. The van der Waals surface area contributed by atoms with Crippen molar-refractivity contribution >= 4 is 0 Å². The minimum absolute atomic E-state index is 0.187. The minimum Gasteiger partial charge on any atom is -0.354 e. The van der Waals surface area contributed by atoms with Crippen LogP contribution in [0.15, 0.2) is 18.3 Å². The normalized spacial score (nSPS) is 12.0. The Morgan fingerprint density at radius 1 is 1.50 bits per heavy atom. The molecule has 1 aromatic rings. The summed E-state index contributed by atoms with van der Waals surface area (Å²) in [4.78, 5) is 0. The molecule has 2 heteroatoms. The summed E-state index contributed by atoms with van der Waals surface area (Å²) in [5.74, 6) is 0. The molecule has 2 nitrogen and oxygen atoms in total. The number of nitrogens with one attached hydrogen (secondary N) is 1. The molecular weight excluding hydrogens is 148 g/mol. The van der Waals surface area contributed by atoms with Crippen LogP contribution in [0.5, 0.6) is 0 Å². The first-order chi connectivity index (χ1) is 5.55. The van der Waals surface area contributed by atoms with Crippen LogP contribution in [0.4, 0.5) is 0 Å². The second kappa shape index (κ2) is 3.31. The second-order valence-electron chi connectivity index (χ2n) is 3.92. The van der Waals surface area contributed by atoms with Crippen LogP contribution in [-0.2, 0) is 13.5 Å². The lowest BCUT2D eigenvalue weighted by atomic mass is 9.99. The van der Waals surface area contributed by atoms with E-state index in [2.05, 4.69) is 49.1 Å². The predicted octanol–water partition coefficient (Wildman–Crippen LogP) is 1.57. The molecule has 0 aliphatic heterocycles. The smallest absolute Gasteiger partial charge is 0.0189 e. The Morgan fingerprint density at radius 2 is 2.17 bits per heavy atom. The van der Waals surface area contributed by atoms with Crippen LogP contribution in [0.3, 0.4) is 0 Å². The van der Waals surface area contributed by atoms with Crippen molar-refractivity contribution in [3.05, 3.63) is 24.0 Å². The van der Waals surface area contributed by atoms with Gasteiger partial charge >= 0.3 is 0 Å². The third kappa shape index (κ3) is 2.11. The highest BCUT2D eigenvalue weighted by atomic mass is 15.0. The molecule has 1 N–H and O–H groups in total. The van der Waals surface area contributed by atoms with Crippen molar-refractivity contribution in [2.75, 3.05) is 7.05 Å². The Balaban J connectivity index is 2.70. The van der Waals surface area contributed by atoms with E-state index < -0.39 is 0 Å². The summed E-state index contributed by atoms with van der Waals surface area (Å²) in [6, 6.07) is 4.25. The van der Waals surface area contributed by atoms with Crippen molar-refractivity contribution < 1.29 is 0 Å². The second-order valence-corrected chi connectivity index (χ2v) is 3.92. The summed E-state index contributed by atoms with van der Waals surface area (Å²) < 4.78 is 2.17. The highest BCUT2D eigenvalue weighted by Gasteiger charge is 2.16. The maximum absolute atomic E-state index is 3.29. The Bertz CT molecular complexity index is 248. The first kappa shape index (κ1) is 9.33. The molecule has 1 rings (SSSR count). The van der Waals surface area contributed by atoms with Crippen molar-refractivity contribution in [3.63, 3.8) is 0 Å². The zero-order valence-corrected chi connectivity index (χ0v) is 8.39. The fraction of sp³-hybridized carbons (Fsp3) is 0.600. The molecule has 0 bridgehead atoms. The molecule has 0 spiro atoms. The van der Waals surface area contributed by atoms with Crippen molar-refractivity contribution in [1.82, 2.24) is 9.88 Å². The molecule has 12 heavy (non-hydrogen) atoms. The SMILES string of the molecule is CNC(C)(C)Cc1cccn1C. The molecule has 0 atom stereocenters. The summed E-state index contributed by atoms with van der Waals surface area (Å²) in [5, 5.41) is 3.29. The van der Waals surface area contributed by atoms with Gasteiger partial charge in [0.2, 0.25) is 0 Å². The van der Waals surface area contributed by atoms with Gasteiger partial charge in [-0.15, -0.1) is 0 Å². The molecule has 1 heterocycles. The zero-order chi connectivity index (χ0) is 9.19. The van der Waals surface area contributed by atoms with Crippen molar-refractivity contribution in [2.45, 2.75) is 25.8 Å². The predicted molar refractivity (Wildman–Crippen MR) is 52.3 cm³/mol. The van der Waals surface area contributed by atoms with Gasteiger partial charge in [0, 0.05) is 30.9 Å². The number of nitrogens with zero attached hydrogens (tertiary/aromatic N) is 1. The monoisotopic (exact) mass is 166 g/mol. The minimum atomic E-state index is 0.187. The van der Waals surface area contributed by atoms with Crippen LogP contribution in [0.25, 0.3) is 0 Å². The summed E-state index contributed by atoms with van der Waals surface area (Å²) in [5.41, 5.74) is 1.56. The zero-order valence-electron chi connectivity index (χ0n) is 8.39. The molecule has 1 aromatic heterocycles. The lowest BCUT2D eigenvalue weighted by Crippen LogP contribution is -2.38. The maximum Gasteiger partial charge on any atom is 0.0189 e. The quantitative estimate of drug-likeness (QED) is 0.721. The standard InChI is InChI=1S/C10H18N2/c1-10(2,11-3)8-9-6-5-7-12(9)4/h5-7,11H,8H2,1-4H3. The summed E-state index contributed by atoms with van der Waals surface area (Å²) in [6.07, 6.45) is 3.15. The van der Waals surface area contributed by atoms with Crippen molar-refractivity contribution in [3.8, 4) is 0 Å². The van der Waals surface area contributed by atoms with Gasteiger partial charge in [-0.2, -0.15) is 0 Å². The summed E-state index contributed by atoms with van der Waals surface area (Å²) in [7, 11) is 4.09. The van der Waals surface area contributed by atoms with Gasteiger partial charge < -0.3 is 9.88 Å². The molecule has 0 radical (unpaired) electrons. The molecule has 0 fully saturated rings. The van der Waals surface area contributed by atoms with Gasteiger partial charge in [0.25, 0.3) is 0 Å². The number of likely N-dealkylation sites (N-methyl/N-ethyl adjacent to an activating group) is 1. The third-order valence-electron chi connectivity index (χ3n) is 2.35. The first-order valence-corrected chi connectivity index (χ1v) is 4.34. The van der Waals surface area contributed by atoms with E-state index >= 15 is 0 Å². The van der Waals surface area contributed by atoms with Gasteiger partial charge in [0.15, 0.2) is 0 Å². The van der Waals surface area contributed by atoms with E-state index in [0.717, 1.165) is 6.42 Å². The highest BCUT2D eigenvalue weighted by molar-refractivity contribution is 5.09. The van der Waals surface area contributed by atoms with Gasteiger partial charge in [-0.3, -0.25) is 0 Å². The summed E-state index contributed by atoms with van der Waals surface area (Å²) in [6.45, 7) is 4.42. The van der Waals surface area contributed by atoms with E-state index in [1.54, 1.807) is 0 Å². The van der Waals surface area contributed by atoms with Gasteiger partial charge in [-0.1, -0.05) is 0 Å². The lowest BCUT2D eigenvalue weighted by Gasteiger charge is -2.24. The molecule has 0 saturated carbocycles. The number of hydrogen-bond donors (Lipinski definition) is 1. The van der Waals surface area contributed by atoms with E-state index in [9.17, 15) is 0 Å². The summed E-state index contributed by atoms with van der Waals surface area (Å²) >= 11 is 0. The van der Waals surface area contributed by atoms with E-state index in [4.69, 9.17) is 0 Å². The van der Waals surface area contributed by atoms with Crippen LogP contribution < -0.4 is 5.32 Å². The van der Waals surface area contributed by atoms with Crippen LogP contribution in [0, 0.1) is 0 Å². The molecule has 0 unspecified atom stereocenters. The van der Waals surface area contributed by atoms with Crippen LogP contribution >= 0.6 is 0 Å². The van der Waals surface area contributed by atoms with Crippen molar-refractivity contribution in [2.24, 2.45) is 7.05 Å². The van der Waals surface area contributed by atoms with E-state index in [1.165, 1.54) is 5.69 Å². The molecular formula is C10H18N2. The Kier molecular flexibility index (Phi) is 2.58. The van der Waals surface area contributed by atoms with Crippen LogP contribution in [0.1, 0.15) is 19.5 Å². The molecule has 0 aromatic carbocycles. The van der Waals surface area contributed by atoms with Gasteiger partial charge in [-0.25, -0.2) is 0 Å². The largest absolute Gasteiger partial charge is 0.354 e. The maximum atomic E-state index is 3.29. The first-order valence-electron chi connectivity index (χ1n) is 4.34. The molecule has 68 valence electrons. The van der Waals surface area contributed by atoms with E-state index in [1.807, 2.05) is 7.05 Å². The van der Waals surface area contributed by atoms with Crippen LogP contribution in [-0.4, -0.2) is 17.2 Å². The van der Waals surface area contributed by atoms with Gasteiger partial charge in [-0.05, 0) is 33.0 Å². The Morgan fingerprint density at radius 3 is 2.58 bits per heavy atom. The topological polar surface area (TPSA) is 17.0 Å². The number of aryl methyl sites for hydroxylation is 1. The Labute approximate surface area is 74.6 Å². The Hall–Kier alpha value is -0.760. The van der Waals surface area contributed by atoms with E-state index in [-0.39, 0.29) is 5.54 Å². The fourth-order valence-electron chi connectivity index (χ4n) is 1.22. The third-order valence-corrected chi connectivity index (χ3v) is 2.35. The molecule has 0 amide bonds. The van der Waals surface area contributed by atoms with Gasteiger partial charge in [0.05, 0.1) is 0 Å². The molecule has 0 saturated heterocycles. The van der Waals surface area contributed by atoms with Crippen LogP contribution in [0.2, 0.25) is 0 Å². The number of hydrogen-bond acceptors (Lipinski definition) is 1. The molecule has 0 aliphatic rings. The van der Waals surface area contributed by atoms with Gasteiger partial charge in [0.1, 0.15) is 0 Å². The fourth-order valence-corrected chi connectivity index (χ4v) is 1.22. The number of aromatic nitrogens is 1. The number of rotatable bonds is 3. The average molecular weight is 166 g/mol. The van der Waals surface area contributed by atoms with E-state index in [0.29, 0.717) is 0 Å². The highest BCUT2D eigenvalue weighted by Crippen LogP contribution is 2.11. The average Bonchev–Trinajstić information content (AvgIpc) is 2.36.